The van der Waals surface area contributed by atoms with E-state index in [1.807, 2.05) is 0 Å². The third-order valence-corrected chi connectivity index (χ3v) is 3.46. The molecule has 3 atom stereocenters. The number of carbonyl (C=O) groups excluding carboxylic acids is 1. The lowest BCUT2D eigenvalue weighted by Crippen LogP contribution is -2.69. The van der Waals surface area contributed by atoms with Gasteiger partial charge >= 0.3 is 30.6 Å². The van der Waals surface area contributed by atoms with E-state index in [1.54, 1.807) is 0 Å². The van der Waals surface area contributed by atoms with Crippen molar-refractivity contribution in [1.82, 2.24) is 0 Å². The van der Waals surface area contributed by atoms with E-state index in [9.17, 15) is 80.1 Å². The Balaban J connectivity index is 7.07. The minimum atomic E-state index is -7.84. The molecule has 0 aliphatic heterocycles. The molecule has 19 heteroatoms. The van der Waals surface area contributed by atoms with Gasteiger partial charge in [-0.15, -0.1) is 0 Å². The highest BCUT2D eigenvalue weighted by molar-refractivity contribution is 5.54. The predicted octanol–water partition coefficient (Wildman–Crippen LogP) is 4.65. The van der Waals surface area contributed by atoms with E-state index in [0.29, 0.717) is 0 Å². The van der Waals surface area contributed by atoms with Crippen LogP contribution >= 0.6 is 0 Å². The van der Waals surface area contributed by atoms with Gasteiger partial charge in [-0.25, -0.2) is 26.3 Å². The van der Waals surface area contributed by atoms with Gasteiger partial charge in [-0.3, -0.25) is 0 Å². The Morgan fingerprint density at radius 3 is 1.43 bits per heavy atom. The Morgan fingerprint density at radius 2 is 1.20 bits per heavy atom. The highest BCUT2D eigenvalue weighted by atomic mass is 19.4. The molecule has 3 nitrogen and oxygen atoms in total. The number of alkyl halides is 16. The molecule has 180 valence electrons. The first-order chi connectivity index (χ1) is 12.9. The monoisotopic (exact) mass is 489 g/mol. The first kappa shape index (κ1) is 28.1. The maximum absolute atomic E-state index is 14.3. The van der Waals surface area contributed by atoms with Crippen molar-refractivity contribution in [1.29, 1.82) is 0 Å². The topological polar surface area (TPSA) is 49.4 Å². The summed E-state index contributed by atoms with van der Waals surface area (Å²) in [6, 6.07) is 0. The van der Waals surface area contributed by atoms with Gasteiger partial charge in [-0.1, -0.05) is 0 Å². The van der Waals surface area contributed by atoms with E-state index in [-0.39, 0.29) is 0 Å². The summed E-state index contributed by atoms with van der Waals surface area (Å²) in [6.45, 7) is 0. The van der Waals surface area contributed by atoms with Gasteiger partial charge < -0.3 is 14.6 Å². The lowest BCUT2D eigenvalue weighted by Gasteiger charge is -2.45. The minimum Gasteiger partial charge on any atom is -0.513 e. The van der Waals surface area contributed by atoms with Crippen LogP contribution in [0.5, 0.6) is 0 Å². The average molecular weight is 489 g/mol. The molecule has 0 bridgehead atoms. The van der Waals surface area contributed by atoms with Gasteiger partial charge in [0.25, 0.3) is 18.2 Å². The van der Waals surface area contributed by atoms with Crippen molar-refractivity contribution in [2.45, 2.75) is 55.0 Å². The Bertz CT molecular complexity index is 613. The maximum atomic E-state index is 14.3. The highest BCUT2D eigenvalue weighted by Gasteiger charge is 2.84. The van der Waals surface area contributed by atoms with Crippen molar-refractivity contribution in [2.75, 3.05) is 0 Å². The van der Waals surface area contributed by atoms with E-state index in [0.717, 1.165) is 0 Å². The molecule has 0 saturated carbocycles. The zero-order valence-electron chi connectivity index (χ0n) is 13.2. The third kappa shape index (κ3) is 4.89. The Kier molecular flexibility index (Phi) is 7.51. The second kappa shape index (κ2) is 8.01. The summed E-state index contributed by atoms with van der Waals surface area (Å²) in [6.07, 6.45) is -34.1. The van der Waals surface area contributed by atoms with Crippen LogP contribution in [0.1, 0.15) is 6.42 Å². The Morgan fingerprint density at radius 1 is 0.800 bits per heavy atom. The summed E-state index contributed by atoms with van der Waals surface area (Å²) in [4.78, 5) is 10.1. The fourth-order valence-corrected chi connectivity index (χ4v) is 2.09. The van der Waals surface area contributed by atoms with Crippen molar-refractivity contribution in [3.8, 4) is 0 Å². The number of carbonyl (C=O) groups is 1. The molecule has 0 radical (unpaired) electrons. The van der Waals surface area contributed by atoms with Crippen LogP contribution in [0.15, 0.2) is 0 Å². The number of hydrogen-bond donors (Lipinski definition) is 0. The maximum Gasteiger partial charge on any atom is 0.457 e. The molecule has 0 N–H and O–H groups in total. The molecular weight excluding hydrogens is 484 g/mol. The highest BCUT2D eigenvalue weighted by Crippen LogP contribution is 2.59. The minimum absolute atomic E-state index is 2.39. The molecule has 0 fully saturated rings. The van der Waals surface area contributed by atoms with E-state index < -0.39 is 67.1 Å². The van der Waals surface area contributed by atoms with Crippen molar-refractivity contribution >= 4 is 6.16 Å². The molecule has 0 saturated heterocycles. The fraction of sp³-hybridized carbons (Fsp3) is 0.909. The molecule has 0 aromatic heterocycles. The van der Waals surface area contributed by atoms with Crippen LogP contribution in [-0.4, -0.2) is 54.7 Å². The lowest BCUT2D eigenvalue weighted by atomic mass is 9.79. The van der Waals surface area contributed by atoms with E-state index in [2.05, 4.69) is 4.74 Å². The second-order valence-corrected chi connectivity index (χ2v) is 5.47. The van der Waals surface area contributed by atoms with Gasteiger partial charge in [-0.2, -0.15) is 43.9 Å². The van der Waals surface area contributed by atoms with Crippen LogP contribution in [0.3, 0.4) is 0 Å². The predicted molar refractivity (Wildman–Crippen MR) is 56.3 cm³/mol. The molecule has 0 spiro atoms. The zero-order chi connectivity index (χ0) is 24.7. The van der Waals surface area contributed by atoms with Crippen LogP contribution in [0.25, 0.3) is 0 Å². The number of halogens is 16. The summed E-state index contributed by atoms with van der Waals surface area (Å²) in [5, 5.41) is 10.1. The Hall–Kier alpha value is -1.85. The Labute approximate surface area is 153 Å². The zero-order valence-corrected chi connectivity index (χ0v) is 13.2. The van der Waals surface area contributed by atoms with Gasteiger partial charge in [0.2, 0.25) is 5.85 Å². The lowest BCUT2D eigenvalue weighted by molar-refractivity contribution is -0.399. The van der Waals surface area contributed by atoms with E-state index in [1.165, 1.54) is 0 Å². The largest absolute Gasteiger partial charge is 0.513 e. The van der Waals surface area contributed by atoms with Gasteiger partial charge in [0.15, 0.2) is 5.92 Å². The van der Waals surface area contributed by atoms with Crippen molar-refractivity contribution in [3.63, 3.8) is 0 Å². The summed E-state index contributed by atoms with van der Waals surface area (Å²) in [5.41, 5.74) is -7.46. The standard InChI is InChI=1S/C11H6F16O3/c12-3(13)2(9(20,21)22)6(16,30-5(28)29)1-7(17,8(18,19)4(14)15)10(23,24)11(25,26)27/h2-4H,1H2,(H,28,29)/p-1. The number of rotatable bonds is 8. The average Bonchev–Trinajstić information content (AvgIpc) is 2.41. The van der Waals surface area contributed by atoms with E-state index >= 15 is 0 Å². The SMILES string of the molecule is O=C([O-])OC(F)(CC(F)(C(F)(F)C(F)F)C(F)(F)C(F)(F)F)C(C(F)F)C(F)(F)F. The number of carboxylic acid groups (broad SMARTS) is 1. The van der Waals surface area contributed by atoms with Gasteiger partial charge in [0.05, 0.1) is 0 Å². The van der Waals surface area contributed by atoms with Crippen LogP contribution in [0, 0.1) is 5.92 Å². The molecule has 0 aliphatic rings. The molecule has 0 aromatic carbocycles. The summed E-state index contributed by atoms with van der Waals surface area (Å²) < 4.78 is 209. The summed E-state index contributed by atoms with van der Waals surface area (Å²) in [7, 11) is 0. The van der Waals surface area contributed by atoms with Crippen molar-refractivity contribution in [3.05, 3.63) is 0 Å². The van der Waals surface area contributed by atoms with Gasteiger partial charge in [0, 0.05) is 6.42 Å². The van der Waals surface area contributed by atoms with Crippen LogP contribution in [-0.2, 0) is 4.74 Å². The quantitative estimate of drug-likeness (QED) is 0.369. The first-order valence-electron chi connectivity index (χ1n) is 6.61. The molecule has 0 amide bonds. The fourth-order valence-electron chi connectivity index (χ4n) is 2.09. The molecule has 30 heavy (non-hydrogen) atoms. The molecule has 0 heterocycles. The summed E-state index contributed by atoms with van der Waals surface area (Å²) in [5.74, 6) is -27.1. The molecule has 0 aliphatic carbocycles. The first-order valence-corrected chi connectivity index (χ1v) is 6.61. The molecular formula is C11H5F16O3-. The smallest absolute Gasteiger partial charge is 0.457 e. The second-order valence-electron chi connectivity index (χ2n) is 5.47. The molecule has 3 unspecified atom stereocenters. The van der Waals surface area contributed by atoms with Crippen LogP contribution in [0.2, 0.25) is 0 Å². The molecule has 0 aromatic rings. The molecule has 0 rings (SSSR count). The number of ether oxygens (including phenoxy) is 1. The van der Waals surface area contributed by atoms with Crippen molar-refractivity contribution in [2.24, 2.45) is 5.92 Å². The van der Waals surface area contributed by atoms with Gasteiger partial charge in [0.1, 0.15) is 0 Å². The normalized spacial score (nSPS) is 19.4. The van der Waals surface area contributed by atoms with Crippen LogP contribution in [0.4, 0.5) is 75.0 Å². The van der Waals surface area contributed by atoms with Crippen molar-refractivity contribution < 1.29 is 84.9 Å². The number of hydrogen-bond acceptors (Lipinski definition) is 3. The van der Waals surface area contributed by atoms with Crippen LogP contribution < -0.4 is 5.11 Å². The summed E-state index contributed by atoms with van der Waals surface area (Å²) >= 11 is 0. The van der Waals surface area contributed by atoms with E-state index in [4.69, 9.17) is 0 Å². The third-order valence-electron chi connectivity index (χ3n) is 3.46. The van der Waals surface area contributed by atoms with Gasteiger partial charge in [-0.05, 0) is 0 Å².